The number of carbonyl (C=O) groups is 2. The molecule has 2 aliphatic heterocycles. The van der Waals surface area contributed by atoms with Gasteiger partial charge in [0.1, 0.15) is 17.2 Å². The molecule has 3 aromatic rings. The summed E-state index contributed by atoms with van der Waals surface area (Å²) in [6.07, 6.45) is 2.68. The van der Waals surface area contributed by atoms with Gasteiger partial charge in [-0.25, -0.2) is 12.8 Å². The first kappa shape index (κ1) is 26.8. The largest absolute Gasteiger partial charge is 0.455 e. The van der Waals surface area contributed by atoms with Gasteiger partial charge in [0.25, 0.3) is 5.91 Å². The van der Waals surface area contributed by atoms with Crippen molar-refractivity contribution in [3.05, 3.63) is 53.3 Å². The van der Waals surface area contributed by atoms with Crippen LogP contribution in [0.25, 0.3) is 22.3 Å². The molecule has 3 fully saturated rings. The second-order valence-electron chi connectivity index (χ2n) is 11.0. The maximum atomic E-state index is 13.6. The number of fused-ring (bicyclic) bond motifs is 2. The number of nitrogens with one attached hydrogen (secondary N) is 1. The third kappa shape index (κ3) is 4.54. The molecular formula is C29H32FN3O6S. The Kier molecular flexibility index (Phi) is 6.61. The Balaban J connectivity index is 1.45. The lowest BCUT2D eigenvalue weighted by molar-refractivity contribution is -0.135. The average Bonchev–Trinajstić information content (AvgIpc) is 3.23. The van der Waals surface area contributed by atoms with Crippen molar-refractivity contribution in [2.45, 2.75) is 18.8 Å². The number of halogens is 1. The third-order valence-corrected chi connectivity index (χ3v) is 9.84. The molecule has 9 nitrogen and oxygen atoms in total. The van der Waals surface area contributed by atoms with Crippen molar-refractivity contribution in [1.29, 1.82) is 0 Å². The summed E-state index contributed by atoms with van der Waals surface area (Å²) in [4.78, 5) is 28.4. The average molecular weight is 570 g/mol. The molecule has 0 spiro atoms. The third-order valence-electron chi connectivity index (χ3n) is 8.64. The first-order chi connectivity index (χ1) is 19.1. The molecule has 2 amide bonds. The van der Waals surface area contributed by atoms with Crippen molar-refractivity contribution in [2.24, 2.45) is 17.8 Å². The highest BCUT2D eigenvalue weighted by atomic mass is 32.2. The molecule has 3 aliphatic rings. The van der Waals surface area contributed by atoms with E-state index in [0.717, 1.165) is 24.7 Å². The SMILES string of the molecule is CNC(=O)c1c(-c2ccc(F)cc2)oc2cc(N(C)S(C)(=O)=O)c(C3CCCN(C(=O)C4C5COCC54)C3)cc12. The second-order valence-corrected chi connectivity index (χ2v) is 13.1. The van der Waals surface area contributed by atoms with E-state index in [1.165, 1.54) is 42.7 Å². The fourth-order valence-electron chi connectivity index (χ4n) is 6.33. The quantitative estimate of drug-likeness (QED) is 0.486. The molecule has 40 heavy (non-hydrogen) atoms. The van der Waals surface area contributed by atoms with Gasteiger partial charge in [0.2, 0.25) is 15.9 Å². The van der Waals surface area contributed by atoms with E-state index in [4.69, 9.17) is 9.15 Å². The number of benzene rings is 2. The normalized spacial score (nSPS) is 24.1. The molecule has 1 saturated carbocycles. The molecule has 212 valence electrons. The zero-order valence-corrected chi connectivity index (χ0v) is 23.5. The summed E-state index contributed by atoms with van der Waals surface area (Å²) in [5.74, 6) is 0.107. The Hall–Kier alpha value is -3.44. The van der Waals surface area contributed by atoms with Crippen LogP contribution in [0.4, 0.5) is 10.1 Å². The highest BCUT2D eigenvalue weighted by Gasteiger charge is 2.59. The molecule has 2 saturated heterocycles. The van der Waals surface area contributed by atoms with E-state index in [2.05, 4.69) is 5.32 Å². The van der Waals surface area contributed by atoms with Crippen LogP contribution < -0.4 is 9.62 Å². The van der Waals surface area contributed by atoms with Crippen LogP contribution in [0.5, 0.6) is 0 Å². The lowest BCUT2D eigenvalue weighted by Crippen LogP contribution is -2.41. The van der Waals surface area contributed by atoms with E-state index in [0.29, 0.717) is 60.4 Å². The Bertz CT molecular complexity index is 1590. The smallest absolute Gasteiger partial charge is 0.255 e. The highest BCUT2D eigenvalue weighted by Crippen LogP contribution is 2.52. The van der Waals surface area contributed by atoms with Gasteiger partial charge in [0, 0.05) is 56.0 Å². The van der Waals surface area contributed by atoms with Gasteiger partial charge in [-0.2, -0.15) is 0 Å². The number of ether oxygens (including phenoxy) is 1. The number of carbonyl (C=O) groups excluding carboxylic acids is 2. The van der Waals surface area contributed by atoms with Crippen LogP contribution >= 0.6 is 0 Å². The van der Waals surface area contributed by atoms with Crippen LogP contribution in [0.3, 0.4) is 0 Å². The first-order valence-corrected chi connectivity index (χ1v) is 15.3. The van der Waals surface area contributed by atoms with E-state index in [1.54, 1.807) is 6.07 Å². The minimum atomic E-state index is -3.63. The summed E-state index contributed by atoms with van der Waals surface area (Å²) >= 11 is 0. The Labute approximate surface area is 232 Å². The van der Waals surface area contributed by atoms with Crippen molar-refractivity contribution in [3.63, 3.8) is 0 Å². The van der Waals surface area contributed by atoms with Gasteiger partial charge in [-0.1, -0.05) is 0 Å². The predicted molar refractivity (Wildman–Crippen MR) is 148 cm³/mol. The second kappa shape index (κ2) is 9.88. The standard InChI is InChI=1S/C29H32FN3O6S/c1-31-28(34)26-20-11-19(17-5-4-10-33(13-17)29(35)25-21-14-38-15-22(21)25)23(32(2)40(3,36)37)12-24(20)39-27(26)16-6-8-18(30)9-7-16/h6-9,11-12,17,21-22,25H,4-5,10,13-15H2,1-3H3,(H,31,34). The number of rotatable bonds is 6. The zero-order chi connectivity index (χ0) is 28.3. The fraction of sp³-hybridized carbons (Fsp3) is 0.448. The fourth-order valence-corrected chi connectivity index (χ4v) is 6.85. The van der Waals surface area contributed by atoms with Crippen molar-refractivity contribution >= 4 is 38.5 Å². The molecule has 1 N–H and O–H groups in total. The van der Waals surface area contributed by atoms with Crippen LogP contribution in [0.15, 0.2) is 40.8 Å². The summed E-state index contributed by atoms with van der Waals surface area (Å²) in [7, 11) is -0.628. The van der Waals surface area contributed by atoms with Gasteiger partial charge in [0.15, 0.2) is 0 Å². The number of hydrogen-bond acceptors (Lipinski definition) is 6. The summed E-state index contributed by atoms with van der Waals surface area (Å²) < 4.78 is 51.8. The molecule has 1 aromatic heterocycles. The van der Waals surface area contributed by atoms with Gasteiger partial charge in [0.05, 0.1) is 30.7 Å². The Morgan fingerprint density at radius 2 is 1.82 bits per heavy atom. The highest BCUT2D eigenvalue weighted by molar-refractivity contribution is 7.92. The van der Waals surface area contributed by atoms with Crippen LogP contribution in [-0.2, 0) is 19.6 Å². The topological polar surface area (TPSA) is 109 Å². The molecular weight excluding hydrogens is 537 g/mol. The number of furan rings is 1. The lowest BCUT2D eigenvalue weighted by Gasteiger charge is -2.35. The van der Waals surface area contributed by atoms with E-state index in [1.807, 2.05) is 11.0 Å². The van der Waals surface area contributed by atoms with Crippen molar-refractivity contribution < 1.29 is 31.6 Å². The summed E-state index contributed by atoms with van der Waals surface area (Å²) in [6, 6.07) is 9.12. The predicted octanol–water partition coefficient (Wildman–Crippen LogP) is 3.59. The zero-order valence-electron chi connectivity index (χ0n) is 22.6. The lowest BCUT2D eigenvalue weighted by atomic mass is 9.87. The van der Waals surface area contributed by atoms with Crippen molar-refractivity contribution in [1.82, 2.24) is 10.2 Å². The van der Waals surface area contributed by atoms with Crippen LogP contribution in [0, 0.1) is 23.6 Å². The Morgan fingerprint density at radius 1 is 1.12 bits per heavy atom. The van der Waals surface area contributed by atoms with Gasteiger partial charge in [-0.3, -0.25) is 13.9 Å². The van der Waals surface area contributed by atoms with Gasteiger partial charge in [-0.05, 0) is 60.6 Å². The van der Waals surface area contributed by atoms with Crippen molar-refractivity contribution in [3.8, 4) is 11.3 Å². The maximum Gasteiger partial charge on any atom is 0.255 e. The molecule has 3 atom stereocenters. The molecule has 2 aromatic carbocycles. The molecule has 6 rings (SSSR count). The van der Waals surface area contributed by atoms with Crippen molar-refractivity contribution in [2.75, 3.05) is 51.0 Å². The van der Waals surface area contributed by atoms with Gasteiger partial charge >= 0.3 is 0 Å². The number of hydrogen-bond donors (Lipinski definition) is 1. The molecule has 0 bridgehead atoms. The molecule has 1 aliphatic carbocycles. The van der Waals surface area contributed by atoms with E-state index >= 15 is 0 Å². The molecule has 11 heteroatoms. The van der Waals surface area contributed by atoms with Crippen LogP contribution in [0.1, 0.15) is 34.7 Å². The minimum Gasteiger partial charge on any atom is -0.455 e. The Morgan fingerprint density at radius 3 is 2.48 bits per heavy atom. The number of amides is 2. The molecule has 0 radical (unpaired) electrons. The maximum absolute atomic E-state index is 13.6. The number of piperidine rings is 1. The summed E-state index contributed by atoms with van der Waals surface area (Å²) in [5.41, 5.74) is 2.31. The number of likely N-dealkylation sites (tertiary alicyclic amines) is 1. The minimum absolute atomic E-state index is 0.0140. The summed E-state index contributed by atoms with van der Waals surface area (Å²) in [5, 5.41) is 3.18. The number of nitrogens with zero attached hydrogens (tertiary/aromatic N) is 2. The van der Waals surface area contributed by atoms with E-state index in [-0.39, 0.29) is 35.0 Å². The summed E-state index contributed by atoms with van der Waals surface area (Å²) in [6.45, 7) is 2.40. The first-order valence-electron chi connectivity index (χ1n) is 13.5. The molecule has 3 heterocycles. The van der Waals surface area contributed by atoms with Gasteiger partial charge in [-0.15, -0.1) is 0 Å². The van der Waals surface area contributed by atoms with E-state index in [9.17, 15) is 22.4 Å². The molecule has 3 unspecified atom stereocenters. The monoisotopic (exact) mass is 569 g/mol. The van der Waals surface area contributed by atoms with Crippen LogP contribution in [-0.4, -0.2) is 71.8 Å². The number of anilines is 1. The van der Waals surface area contributed by atoms with E-state index < -0.39 is 15.8 Å². The van der Waals surface area contributed by atoms with Crippen LogP contribution in [0.2, 0.25) is 0 Å². The van der Waals surface area contributed by atoms with Gasteiger partial charge < -0.3 is 19.4 Å². The number of sulfonamides is 1.